The molecule has 0 aliphatic rings. The molecule has 0 saturated carbocycles. The molecule has 1 nitrogen and oxygen atoms in total. The molecule has 1 aromatic rings. The summed E-state index contributed by atoms with van der Waals surface area (Å²) in [7, 11) is 0. The number of nitrogens with one attached hydrogen (secondary N) is 1. The summed E-state index contributed by atoms with van der Waals surface area (Å²) in [6, 6.07) is 8.83. The molecule has 15 heavy (non-hydrogen) atoms. The number of hydrogen-bond donors (Lipinski definition) is 1. The van der Waals surface area contributed by atoms with Gasteiger partial charge < -0.3 is 5.32 Å². The summed E-state index contributed by atoms with van der Waals surface area (Å²) in [5.41, 5.74) is 1.34. The highest BCUT2D eigenvalue weighted by Crippen LogP contribution is 2.22. The van der Waals surface area contributed by atoms with Gasteiger partial charge in [0, 0.05) is 10.5 Å². The molecule has 0 amide bonds. The van der Waals surface area contributed by atoms with Crippen LogP contribution in [0.4, 0.5) is 0 Å². The molecule has 0 radical (unpaired) electrons. The quantitative estimate of drug-likeness (QED) is 0.760. The van der Waals surface area contributed by atoms with E-state index >= 15 is 0 Å². The minimum Gasteiger partial charge on any atom is -0.310 e. The van der Waals surface area contributed by atoms with Crippen LogP contribution in [0, 0.1) is 0 Å². The predicted octanol–water partition coefficient (Wildman–Crippen LogP) is 4.29. The second-order valence-corrected chi connectivity index (χ2v) is 4.76. The van der Waals surface area contributed by atoms with Crippen LogP contribution in [0.5, 0.6) is 0 Å². The van der Waals surface area contributed by atoms with Crippen LogP contribution in [0.3, 0.4) is 0 Å². The molecule has 0 saturated heterocycles. The number of benzene rings is 1. The van der Waals surface area contributed by atoms with Gasteiger partial charge >= 0.3 is 0 Å². The van der Waals surface area contributed by atoms with Gasteiger partial charge in [-0.25, -0.2) is 0 Å². The lowest BCUT2D eigenvalue weighted by Crippen LogP contribution is -2.20. The van der Waals surface area contributed by atoms with Gasteiger partial charge in [-0.15, -0.1) is 0 Å². The number of halogens is 1. The first-order chi connectivity index (χ1) is 7.25. The van der Waals surface area contributed by atoms with Crippen molar-refractivity contribution in [3.05, 3.63) is 34.3 Å². The summed E-state index contributed by atoms with van der Waals surface area (Å²) < 4.78 is 1.19. The van der Waals surface area contributed by atoms with Gasteiger partial charge in [-0.3, -0.25) is 0 Å². The summed E-state index contributed by atoms with van der Waals surface area (Å²) >= 11 is 3.58. The lowest BCUT2D eigenvalue weighted by molar-refractivity contribution is 0.542. The van der Waals surface area contributed by atoms with Crippen molar-refractivity contribution in [2.45, 2.75) is 39.2 Å². The summed E-state index contributed by atoms with van der Waals surface area (Å²) in [5, 5.41) is 3.54. The van der Waals surface area contributed by atoms with E-state index in [-0.39, 0.29) is 0 Å². The van der Waals surface area contributed by atoms with Crippen molar-refractivity contribution in [1.82, 2.24) is 5.32 Å². The summed E-state index contributed by atoms with van der Waals surface area (Å²) in [4.78, 5) is 0. The maximum absolute atomic E-state index is 3.58. The lowest BCUT2D eigenvalue weighted by Gasteiger charge is -2.15. The molecule has 0 aliphatic carbocycles. The van der Waals surface area contributed by atoms with Gasteiger partial charge in [-0.05, 0) is 31.5 Å². The Balaban J connectivity index is 2.40. The number of hydrogen-bond acceptors (Lipinski definition) is 1. The van der Waals surface area contributed by atoms with E-state index in [1.54, 1.807) is 0 Å². The Bertz CT molecular complexity index is 286. The van der Waals surface area contributed by atoms with E-state index in [0.29, 0.717) is 6.04 Å². The van der Waals surface area contributed by atoms with E-state index in [1.807, 2.05) is 0 Å². The molecule has 0 unspecified atom stereocenters. The van der Waals surface area contributed by atoms with Crippen molar-refractivity contribution in [1.29, 1.82) is 0 Å². The Morgan fingerprint density at radius 1 is 1.27 bits per heavy atom. The molecule has 0 fully saturated rings. The molecule has 1 rings (SSSR count). The fraction of sp³-hybridized carbons (Fsp3) is 0.538. The zero-order valence-electron chi connectivity index (χ0n) is 9.59. The molecule has 2 heteroatoms. The van der Waals surface area contributed by atoms with Crippen LogP contribution in [-0.4, -0.2) is 6.54 Å². The molecule has 0 bridgehead atoms. The van der Waals surface area contributed by atoms with E-state index in [1.165, 1.54) is 29.3 Å². The van der Waals surface area contributed by atoms with Crippen molar-refractivity contribution in [3.63, 3.8) is 0 Å². The normalized spacial score (nSPS) is 12.7. The van der Waals surface area contributed by atoms with Crippen LogP contribution >= 0.6 is 15.9 Å². The van der Waals surface area contributed by atoms with Crippen molar-refractivity contribution in [3.8, 4) is 0 Å². The fourth-order valence-electron chi connectivity index (χ4n) is 1.63. The SMILES string of the molecule is CCCCCN[C@@H](C)c1ccccc1Br. The first-order valence-electron chi connectivity index (χ1n) is 5.73. The molecule has 0 aliphatic heterocycles. The topological polar surface area (TPSA) is 12.0 Å². The summed E-state index contributed by atoms with van der Waals surface area (Å²) in [5.74, 6) is 0. The van der Waals surface area contributed by atoms with Crippen LogP contribution < -0.4 is 5.32 Å². The van der Waals surface area contributed by atoms with Gasteiger partial charge in [0.2, 0.25) is 0 Å². The van der Waals surface area contributed by atoms with Crippen LogP contribution in [0.25, 0.3) is 0 Å². The molecular weight excluding hydrogens is 250 g/mol. The molecule has 84 valence electrons. The van der Waals surface area contributed by atoms with Gasteiger partial charge in [-0.2, -0.15) is 0 Å². The maximum atomic E-state index is 3.58. The van der Waals surface area contributed by atoms with Gasteiger partial charge in [0.1, 0.15) is 0 Å². The van der Waals surface area contributed by atoms with E-state index in [2.05, 4.69) is 59.4 Å². The third-order valence-corrected chi connectivity index (χ3v) is 3.32. The van der Waals surface area contributed by atoms with Gasteiger partial charge in [-0.1, -0.05) is 53.9 Å². The van der Waals surface area contributed by atoms with Crippen molar-refractivity contribution < 1.29 is 0 Å². The second-order valence-electron chi connectivity index (χ2n) is 3.90. The highest BCUT2D eigenvalue weighted by Gasteiger charge is 2.06. The van der Waals surface area contributed by atoms with E-state index < -0.39 is 0 Å². The standard InChI is InChI=1S/C13H20BrN/c1-3-4-7-10-15-11(2)12-8-5-6-9-13(12)14/h5-6,8-9,11,15H,3-4,7,10H2,1-2H3/t11-/m0/s1. The van der Waals surface area contributed by atoms with E-state index in [9.17, 15) is 0 Å². The van der Waals surface area contributed by atoms with E-state index in [4.69, 9.17) is 0 Å². The van der Waals surface area contributed by atoms with Crippen LogP contribution in [0.15, 0.2) is 28.7 Å². The molecular formula is C13H20BrN. The minimum atomic E-state index is 0.428. The van der Waals surface area contributed by atoms with Crippen LogP contribution in [-0.2, 0) is 0 Å². The largest absolute Gasteiger partial charge is 0.310 e. The molecule has 0 spiro atoms. The maximum Gasteiger partial charge on any atom is 0.0302 e. The molecule has 1 N–H and O–H groups in total. The lowest BCUT2D eigenvalue weighted by atomic mass is 10.1. The Labute approximate surface area is 101 Å². The molecule has 0 aromatic heterocycles. The van der Waals surface area contributed by atoms with Gasteiger partial charge in [0.05, 0.1) is 0 Å². The minimum absolute atomic E-state index is 0.428. The molecule has 1 aromatic carbocycles. The Morgan fingerprint density at radius 2 is 2.00 bits per heavy atom. The van der Waals surface area contributed by atoms with Crippen molar-refractivity contribution in [2.24, 2.45) is 0 Å². The third-order valence-electron chi connectivity index (χ3n) is 2.60. The van der Waals surface area contributed by atoms with Crippen LogP contribution in [0.1, 0.15) is 44.7 Å². The van der Waals surface area contributed by atoms with Gasteiger partial charge in [0.25, 0.3) is 0 Å². The van der Waals surface area contributed by atoms with Crippen molar-refractivity contribution >= 4 is 15.9 Å². The summed E-state index contributed by atoms with van der Waals surface area (Å²) in [6.45, 7) is 5.56. The summed E-state index contributed by atoms with van der Waals surface area (Å²) in [6.07, 6.45) is 3.87. The average molecular weight is 270 g/mol. The number of unbranched alkanes of at least 4 members (excludes halogenated alkanes) is 2. The van der Waals surface area contributed by atoms with Crippen LogP contribution in [0.2, 0.25) is 0 Å². The first-order valence-corrected chi connectivity index (χ1v) is 6.52. The van der Waals surface area contributed by atoms with Gasteiger partial charge in [0.15, 0.2) is 0 Å². The Morgan fingerprint density at radius 3 is 2.67 bits per heavy atom. The monoisotopic (exact) mass is 269 g/mol. The molecule has 0 heterocycles. The molecule has 1 atom stereocenters. The fourth-order valence-corrected chi connectivity index (χ4v) is 2.26. The van der Waals surface area contributed by atoms with E-state index in [0.717, 1.165) is 6.54 Å². The third kappa shape index (κ3) is 4.35. The highest BCUT2D eigenvalue weighted by atomic mass is 79.9. The highest BCUT2D eigenvalue weighted by molar-refractivity contribution is 9.10. The zero-order chi connectivity index (χ0) is 11.1. The smallest absolute Gasteiger partial charge is 0.0302 e. The van der Waals surface area contributed by atoms with Crippen molar-refractivity contribution in [2.75, 3.05) is 6.54 Å². The average Bonchev–Trinajstić information content (AvgIpc) is 2.25. The Hall–Kier alpha value is -0.340. The number of rotatable bonds is 6. The zero-order valence-corrected chi connectivity index (χ0v) is 11.2. The first kappa shape index (κ1) is 12.7. The predicted molar refractivity (Wildman–Crippen MR) is 70.1 cm³/mol. The Kier molecular flexibility index (Phi) is 5.96. The second kappa shape index (κ2) is 7.02.